The Labute approximate surface area is 126 Å². The van der Waals surface area contributed by atoms with Crippen LogP contribution in [0.4, 0.5) is 5.69 Å². The second-order valence-electron chi connectivity index (χ2n) is 5.43. The van der Waals surface area contributed by atoms with Crippen molar-refractivity contribution in [1.29, 1.82) is 0 Å². The number of nitrogens with one attached hydrogen (secondary N) is 1. The standard InChI is InChI=1S/C16H23ClN2O/c1-3-18-15-10-9-12(17)11-14(15)16(20)19(2)13-7-5-4-6-8-13/h9-11,13,18H,3-8H2,1-2H3. The molecular formula is C16H23ClN2O. The van der Waals surface area contributed by atoms with Crippen LogP contribution in [0.3, 0.4) is 0 Å². The summed E-state index contributed by atoms with van der Waals surface area (Å²) in [5, 5.41) is 3.84. The Balaban J connectivity index is 2.20. The van der Waals surface area contributed by atoms with Crippen molar-refractivity contribution in [3.8, 4) is 0 Å². The van der Waals surface area contributed by atoms with Crippen LogP contribution in [0.2, 0.25) is 5.02 Å². The second-order valence-corrected chi connectivity index (χ2v) is 5.86. The van der Waals surface area contributed by atoms with Crippen molar-refractivity contribution in [2.45, 2.75) is 45.1 Å². The third-order valence-electron chi connectivity index (χ3n) is 4.02. The van der Waals surface area contributed by atoms with E-state index < -0.39 is 0 Å². The Hall–Kier alpha value is -1.22. The van der Waals surface area contributed by atoms with Gasteiger partial charge in [-0.05, 0) is 38.0 Å². The van der Waals surface area contributed by atoms with Gasteiger partial charge >= 0.3 is 0 Å². The van der Waals surface area contributed by atoms with E-state index in [4.69, 9.17) is 11.6 Å². The number of hydrogen-bond donors (Lipinski definition) is 1. The third kappa shape index (κ3) is 3.45. The molecule has 0 aromatic heterocycles. The Morgan fingerprint density at radius 3 is 2.70 bits per heavy atom. The number of rotatable bonds is 4. The summed E-state index contributed by atoms with van der Waals surface area (Å²) in [6.45, 7) is 2.81. The first-order valence-corrected chi connectivity index (χ1v) is 7.82. The van der Waals surface area contributed by atoms with Crippen LogP contribution in [0.1, 0.15) is 49.4 Å². The first kappa shape index (κ1) is 15.2. The van der Waals surface area contributed by atoms with E-state index in [2.05, 4.69) is 5.32 Å². The molecule has 0 atom stereocenters. The predicted molar refractivity (Wildman–Crippen MR) is 84.6 cm³/mol. The lowest BCUT2D eigenvalue weighted by Gasteiger charge is -2.31. The average molecular weight is 295 g/mol. The monoisotopic (exact) mass is 294 g/mol. The number of benzene rings is 1. The first-order valence-electron chi connectivity index (χ1n) is 7.44. The highest BCUT2D eigenvalue weighted by molar-refractivity contribution is 6.31. The van der Waals surface area contributed by atoms with Crippen LogP contribution in [0.25, 0.3) is 0 Å². The lowest BCUT2D eigenvalue weighted by Crippen LogP contribution is -2.38. The van der Waals surface area contributed by atoms with Gasteiger partial charge in [-0.15, -0.1) is 0 Å². The normalized spacial score (nSPS) is 15.9. The molecule has 20 heavy (non-hydrogen) atoms. The van der Waals surface area contributed by atoms with Gasteiger partial charge in [-0.25, -0.2) is 0 Å². The number of nitrogens with zero attached hydrogens (tertiary/aromatic N) is 1. The van der Waals surface area contributed by atoms with E-state index in [0.717, 1.165) is 25.1 Å². The van der Waals surface area contributed by atoms with E-state index in [1.54, 1.807) is 6.07 Å². The maximum Gasteiger partial charge on any atom is 0.255 e. The minimum absolute atomic E-state index is 0.0651. The first-order chi connectivity index (χ1) is 9.63. The van der Waals surface area contributed by atoms with Gasteiger partial charge in [-0.1, -0.05) is 30.9 Å². The quantitative estimate of drug-likeness (QED) is 0.903. The average Bonchev–Trinajstić information content (AvgIpc) is 2.48. The van der Waals surface area contributed by atoms with Gasteiger partial charge < -0.3 is 10.2 Å². The molecule has 1 aliphatic rings. The molecule has 0 radical (unpaired) electrons. The topological polar surface area (TPSA) is 32.3 Å². The number of carbonyl (C=O) groups is 1. The zero-order chi connectivity index (χ0) is 14.5. The van der Waals surface area contributed by atoms with E-state index >= 15 is 0 Å². The van der Waals surface area contributed by atoms with Gasteiger partial charge in [0.2, 0.25) is 0 Å². The molecule has 1 N–H and O–H groups in total. The molecule has 0 heterocycles. The van der Waals surface area contributed by atoms with E-state index in [-0.39, 0.29) is 5.91 Å². The van der Waals surface area contributed by atoms with E-state index in [1.807, 2.05) is 31.0 Å². The Morgan fingerprint density at radius 1 is 1.35 bits per heavy atom. The largest absolute Gasteiger partial charge is 0.385 e. The molecule has 1 aliphatic carbocycles. The SMILES string of the molecule is CCNc1ccc(Cl)cc1C(=O)N(C)C1CCCCC1. The maximum atomic E-state index is 12.7. The summed E-state index contributed by atoms with van der Waals surface area (Å²) in [5.74, 6) is 0.0651. The van der Waals surface area contributed by atoms with Gasteiger partial charge in [0.25, 0.3) is 5.91 Å². The predicted octanol–water partition coefficient (Wildman–Crippen LogP) is 4.18. The van der Waals surface area contributed by atoms with Crippen LogP contribution in [0.5, 0.6) is 0 Å². The highest BCUT2D eigenvalue weighted by Gasteiger charge is 2.24. The molecule has 110 valence electrons. The lowest BCUT2D eigenvalue weighted by atomic mass is 9.94. The molecule has 0 unspecified atom stereocenters. The van der Waals surface area contributed by atoms with Crippen LogP contribution in [0.15, 0.2) is 18.2 Å². The summed E-state index contributed by atoms with van der Waals surface area (Å²) in [5.41, 5.74) is 1.54. The summed E-state index contributed by atoms with van der Waals surface area (Å²) in [6, 6.07) is 5.83. The lowest BCUT2D eigenvalue weighted by molar-refractivity contribution is 0.0697. The molecular weight excluding hydrogens is 272 g/mol. The van der Waals surface area contributed by atoms with Crippen molar-refractivity contribution < 1.29 is 4.79 Å². The summed E-state index contributed by atoms with van der Waals surface area (Å²) in [4.78, 5) is 14.6. The van der Waals surface area contributed by atoms with Gasteiger partial charge in [0.1, 0.15) is 0 Å². The molecule has 1 amide bonds. The van der Waals surface area contributed by atoms with E-state index in [9.17, 15) is 4.79 Å². The van der Waals surface area contributed by atoms with Crippen molar-refractivity contribution in [2.24, 2.45) is 0 Å². The third-order valence-corrected chi connectivity index (χ3v) is 4.26. The number of amides is 1. The molecule has 1 saturated carbocycles. The number of hydrogen-bond acceptors (Lipinski definition) is 2. The van der Waals surface area contributed by atoms with Crippen molar-refractivity contribution >= 4 is 23.2 Å². The smallest absolute Gasteiger partial charge is 0.255 e. The maximum absolute atomic E-state index is 12.7. The van der Waals surface area contributed by atoms with Gasteiger partial charge in [0.15, 0.2) is 0 Å². The minimum atomic E-state index is 0.0651. The molecule has 0 saturated heterocycles. The minimum Gasteiger partial charge on any atom is -0.385 e. The molecule has 1 aromatic carbocycles. The highest BCUT2D eigenvalue weighted by Crippen LogP contribution is 2.26. The van der Waals surface area contributed by atoms with E-state index in [0.29, 0.717) is 16.6 Å². The van der Waals surface area contributed by atoms with E-state index in [1.165, 1.54) is 19.3 Å². The molecule has 0 aliphatic heterocycles. The fraction of sp³-hybridized carbons (Fsp3) is 0.562. The van der Waals surface area contributed by atoms with Gasteiger partial charge in [-0.3, -0.25) is 4.79 Å². The van der Waals surface area contributed by atoms with Gasteiger partial charge in [-0.2, -0.15) is 0 Å². The highest BCUT2D eigenvalue weighted by atomic mass is 35.5. The van der Waals surface area contributed by atoms with Crippen LogP contribution in [-0.4, -0.2) is 30.4 Å². The second kappa shape index (κ2) is 6.98. The molecule has 3 nitrogen and oxygen atoms in total. The van der Waals surface area contributed by atoms with Crippen LogP contribution >= 0.6 is 11.6 Å². The van der Waals surface area contributed by atoms with Crippen LogP contribution < -0.4 is 5.32 Å². The fourth-order valence-electron chi connectivity index (χ4n) is 2.86. The molecule has 0 spiro atoms. The summed E-state index contributed by atoms with van der Waals surface area (Å²) >= 11 is 6.05. The summed E-state index contributed by atoms with van der Waals surface area (Å²) in [7, 11) is 1.91. The number of carbonyl (C=O) groups excluding carboxylic acids is 1. The van der Waals surface area contributed by atoms with Crippen LogP contribution in [0, 0.1) is 0 Å². The van der Waals surface area contributed by atoms with Crippen molar-refractivity contribution in [2.75, 3.05) is 18.9 Å². The Kier molecular flexibility index (Phi) is 5.30. The van der Waals surface area contributed by atoms with Crippen LogP contribution in [-0.2, 0) is 0 Å². The fourth-order valence-corrected chi connectivity index (χ4v) is 3.03. The van der Waals surface area contributed by atoms with Crippen molar-refractivity contribution in [1.82, 2.24) is 4.90 Å². The zero-order valence-corrected chi connectivity index (χ0v) is 13.0. The molecule has 1 aromatic rings. The number of halogens is 1. The van der Waals surface area contributed by atoms with Crippen molar-refractivity contribution in [3.05, 3.63) is 28.8 Å². The van der Waals surface area contributed by atoms with Gasteiger partial charge in [0.05, 0.1) is 5.56 Å². The summed E-state index contributed by atoms with van der Waals surface area (Å²) < 4.78 is 0. The molecule has 4 heteroatoms. The number of anilines is 1. The van der Waals surface area contributed by atoms with Crippen molar-refractivity contribution in [3.63, 3.8) is 0 Å². The summed E-state index contributed by atoms with van der Waals surface area (Å²) in [6.07, 6.45) is 5.95. The molecule has 2 rings (SSSR count). The molecule has 0 bridgehead atoms. The zero-order valence-electron chi connectivity index (χ0n) is 12.3. The Morgan fingerprint density at radius 2 is 2.05 bits per heavy atom. The van der Waals surface area contributed by atoms with Gasteiger partial charge in [0, 0.05) is 30.3 Å². The molecule has 1 fully saturated rings. The Bertz CT molecular complexity index is 470.